The molecule has 2 fully saturated rings. The van der Waals surface area contributed by atoms with Crippen LogP contribution in [0.25, 0.3) is 0 Å². The Balaban J connectivity index is 0.00000216. The SMILES string of the molecule is CNc1nc(Nc2ccc(OC)c(Br)c2)nc(N(C2CCCCCC2)C2CCN(C)CC2)n1.[Cl-].[H+]. The average molecular weight is 555 g/mol. The van der Waals surface area contributed by atoms with E-state index in [-0.39, 0.29) is 13.8 Å². The lowest BCUT2D eigenvalue weighted by molar-refractivity contribution is -0.00000742. The molecule has 1 aromatic heterocycles. The van der Waals surface area contributed by atoms with Gasteiger partial charge in [-0.15, -0.1) is 0 Å². The van der Waals surface area contributed by atoms with Crippen LogP contribution in [0.15, 0.2) is 22.7 Å². The zero-order chi connectivity index (χ0) is 23.2. The van der Waals surface area contributed by atoms with Crippen molar-refractivity contribution < 1.29 is 18.6 Å². The summed E-state index contributed by atoms with van der Waals surface area (Å²) in [5, 5.41) is 6.51. The smallest absolute Gasteiger partial charge is 1.00 e. The van der Waals surface area contributed by atoms with E-state index in [4.69, 9.17) is 14.7 Å². The molecule has 2 aliphatic rings. The van der Waals surface area contributed by atoms with Gasteiger partial charge in [0.1, 0.15) is 5.75 Å². The average Bonchev–Trinajstić information content (AvgIpc) is 3.10. The van der Waals surface area contributed by atoms with E-state index >= 15 is 0 Å². The summed E-state index contributed by atoms with van der Waals surface area (Å²) in [4.78, 5) is 19.3. The molecule has 1 aliphatic heterocycles. The number of rotatable bonds is 7. The molecule has 1 saturated carbocycles. The van der Waals surface area contributed by atoms with Crippen LogP contribution >= 0.6 is 15.9 Å². The van der Waals surface area contributed by atoms with Gasteiger partial charge in [0, 0.05) is 24.8 Å². The number of ether oxygens (including phenoxy) is 1. The summed E-state index contributed by atoms with van der Waals surface area (Å²) < 4.78 is 6.23. The Bertz CT molecular complexity index is 925. The van der Waals surface area contributed by atoms with Crippen molar-refractivity contribution in [2.45, 2.75) is 63.5 Å². The van der Waals surface area contributed by atoms with Gasteiger partial charge in [0.25, 0.3) is 0 Å². The van der Waals surface area contributed by atoms with Crippen LogP contribution < -0.4 is 32.7 Å². The zero-order valence-electron chi connectivity index (χ0n) is 21.4. The molecule has 0 unspecified atom stereocenters. The predicted octanol–water partition coefficient (Wildman–Crippen LogP) is 2.17. The lowest BCUT2D eigenvalue weighted by Crippen LogP contribution is -3.00. The Morgan fingerprint density at radius 1 is 1.00 bits per heavy atom. The summed E-state index contributed by atoms with van der Waals surface area (Å²) in [5.74, 6) is 2.70. The van der Waals surface area contributed by atoms with Gasteiger partial charge in [-0.05, 0) is 79.9 Å². The van der Waals surface area contributed by atoms with E-state index in [2.05, 4.69) is 48.4 Å². The fraction of sp³-hybridized carbons (Fsp3) is 0.625. The number of benzene rings is 1. The minimum Gasteiger partial charge on any atom is -1.00 e. The molecular formula is C24H37BrClN7O. The van der Waals surface area contributed by atoms with Gasteiger partial charge in [0.2, 0.25) is 17.8 Å². The van der Waals surface area contributed by atoms with Crippen LogP contribution in [0.4, 0.5) is 23.5 Å². The van der Waals surface area contributed by atoms with E-state index in [9.17, 15) is 0 Å². The maximum atomic E-state index is 5.35. The van der Waals surface area contributed by atoms with Gasteiger partial charge >= 0.3 is 1.43 Å². The monoisotopic (exact) mass is 553 g/mol. The largest absolute Gasteiger partial charge is 1.00 e. The van der Waals surface area contributed by atoms with Gasteiger partial charge in [-0.2, -0.15) is 15.0 Å². The van der Waals surface area contributed by atoms with Crippen LogP contribution in [0.5, 0.6) is 5.75 Å². The van der Waals surface area contributed by atoms with Crippen LogP contribution in [0.2, 0.25) is 0 Å². The Morgan fingerprint density at radius 3 is 2.26 bits per heavy atom. The van der Waals surface area contributed by atoms with E-state index in [1.807, 2.05) is 25.2 Å². The number of nitrogens with zero attached hydrogens (tertiary/aromatic N) is 5. The molecule has 1 aliphatic carbocycles. The maximum Gasteiger partial charge on any atom is 1.00 e. The Labute approximate surface area is 219 Å². The summed E-state index contributed by atoms with van der Waals surface area (Å²) in [5.41, 5.74) is 0.891. The molecule has 188 valence electrons. The van der Waals surface area contributed by atoms with Crippen LogP contribution in [0.3, 0.4) is 0 Å². The topological polar surface area (TPSA) is 78.4 Å². The summed E-state index contributed by atoms with van der Waals surface area (Å²) in [6.07, 6.45) is 9.92. The quantitative estimate of drug-likeness (QED) is 0.505. The number of anilines is 4. The second-order valence-electron chi connectivity index (χ2n) is 9.09. The number of aromatic nitrogens is 3. The van der Waals surface area contributed by atoms with Gasteiger partial charge in [-0.1, -0.05) is 25.7 Å². The molecule has 34 heavy (non-hydrogen) atoms. The highest BCUT2D eigenvalue weighted by Gasteiger charge is 2.32. The van der Waals surface area contributed by atoms with Crippen LogP contribution in [-0.2, 0) is 0 Å². The van der Waals surface area contributed by atoms with Crippen LogP contribution in [0, 0.1) is 0 Å². The van der Waals surface area contributed by atoms with Gasteiger partial charge in [0.15, 0.2) is 0 Å². The molecule has 1 saturated heterocycles. The maximum absolute atomic E-state index is 5.35. The third-order valence-corrected chi connectivity index (χ3v) is 7.41. The minimum absolute atomic E-state index is 0. The first kappa shape index (κ1) is 26.8. The number of nitrogens with one attached hydrogen (secondary N) is 2. The highest BCUT2D eigenvalue weighted by molar-refractivity contribution is 9.10. The molecule has 0 amide bonds. The molecule has 2 heterocycles. The Hall–Kier alpha value is -1.84. The minimum atomic E-state index is 0. The Kier molecular flexibility index (Phi) is 10.0. The number of piperidine rings is 1. The van der Waals surface area contributed by atoms with Crippen molar-refractivity contribution in [2.24, 2.45) is 0 Å². The second kappa shape index (κ2) is 12.7. The van der Waals surface area contributed by atoms with Crippen molar-refractivity contribution in [3.63, 3.8) is 0 Å². The third-order valence-electron chi connectivity index (χ3n) is 6.79. The number of halogens is 2. The molecule has 2 aromatic rings. The number of hydrogen-bond donors (Lipinski definition) is 2. The Morgan fingerprint density at radius 2 is 1.65 bits per heavy atom. The first-order valence-electron chi connectivity index (χ1n) is 12.1. The van der Waals surface area contributed by atoms with Gasteiger partial charge in [-0.25, -0.2) is 0 Å². The fourth-order valence-electron chi connectivity index (χ4n) is 4.96. The van der Waals surface area contributed by atoms with E-state index < -0.39 is 0 Å². The lowest BCUT2D eigenvalue weighted by atomic mass is 9.98. The molecule has 4 rings (SSSR count). The number of likely N-dealkylation sites (tertiary alicyclic amines) is 1. The summed E-state index contributed by atoms with van der Waals surface area (Å²) >= 11 is 3.56. The summed E-state index contributed by atoms with van der Waals surface area (Å²) in [6, 6.07) is 6.80. The normalized spacial score (nSPS) is 18.0. The lowest BCUT2D eigenvalue weighted by Gasteiger charge is -2.42. The molecule has 0 spiro atoms. The first-order chi connectivity index (χ1) is 16.1. The van der Waals surface area contributed by atoms with Crippen molar-refractivity contribution in [3.05, 3.63) is 22.7 Å². The highest BCUT2D eigenvalue weighted by atomic mass is 79.9. The molecule has 10 heteroatoms. The second-order valence-corrected chi connectivity index (χ2v) is 9.95. The molecule has 1 aromatic carbocycles. The van der Waals surface area contributed by atoms with Gasteiger partial charge in [0.05, 0.1) is 11.6 Å². The van der Waals surface area contributed by atoms with Crippen molar-refractivity contribution in [1.82, 2.24) is 19.9 Å². The molecule has 0 radical (unpaired) electrons. The van der Waals surface area contributed by atoms with Crippen molar-refractivity contribution in [3.8, 4) is 5.75 Å². The molecule has 0 bridgehead atoms. The molecule has 0 atom stereocenters. The van der Waals surface area contributed by atoms with Crippen molar-refractivity contribution in [1.29, 1.82) is 0 Å². The molecule has 8 nitrogen and oxygen atoms in total. The van der Waals surface area contributed by atoms with E-state index in [0.29, 0.717) is 24.0 Å². The highest BCUT2D eigenvalue weighted by Crippen LogP contribution is 2.32. The van der Waals surface area contributed by atoms with Gasteiger partial charge < -0.3 is 37.6 Å². The fourth-order valence-corrected chi connectivity index (χ4v) is 5.50. The number of methoxy groups -OCH3 is 1. The number of hydrogen-bond acceptors (Lipinski definition) is 8. The van der Waals surface area contributed by atoms with Crippen molar-refractivity contribution in [2.75, 3.05) is 49.8 Å². The van der Waals surface area contributed by atoms with Gasteiger partial charge in [-0.3, -0.25) is 0 Å². The first-order valence-corrected chi connectivity index (χ1v) is 12.9. The van der Waals surface area contributed by atoms with E-state index in [1.165, 1.54) is 38.5 Å². The summed E-state index contributed by atoms with van der Waals surface area (Å²) in [6.45, 7) is 2.23. The molecular weight excluding hydrogens is 518 g/mol. The zero-order valence-corrected chi connectivity index (χ0v) is 22.7. The van der Waals surface area contributed by atoms with Crippen LogP contribution in [-0.4, -0.2) is 66.2 Å². The third kappa shape index (κ3) is 6.64. The predicted molar refractivity (Wildman–Crippen MR) is 139 cm³/mol. The van der Waals surface area contributed by atoms with E-state index in [1.54, 1.807) is 7.11 Å². The van der Waals surface area contributed by atoms with Crippen molar-refractivity contribution >= 4 is 39.5 Å². The van der Waals surface area contributed by atoms with Crippen LogP contribution in [0.1, 0.15) is 52.8 Å². The molecule has 2 N–H and O–H groups in total. The standard InChI is InChI=1S/C24H36BrN7O.ClH/c1-26-22-28-23(27-17-10-11-21(33-3)20(25)16-17)30-24(29-22)32(18-8-6-4-5-7-9-18)19-12-14-31(2)15-13-19;/h10-11,16,18-19H,4-9,12-15H2,1-3H3,(H2,26,27,28,29,30);1H. The van der Waals surface area contributed by atoms with E-state index in [0.717, 1.165) is 47.8 Å². The summed E-state index contributed by atoms with van der Waals surface area (Å²) in [7, 11) is 5.73.